The summed E-state index contributed by atoms with van der Waals surface area (Å²) in [5.41, 5.74) is 2.20. The number of carbonyl (C=O) groups is 1. The number of rotatable bonds is 5. The summed E-state index contributed by atoms with van der Waals surface area (Å²) in [5, 5.41) is 0.627. The lowest BCUT2D eigenvalue weighted by molar-refractivity contribution is 0.0732. The number of ether oxygens (including phenoxy) is 1. The monoisotopic (exact) mass is 457 g/mol. The van der Waals surface area contributed by atoms with Crippen LogP contribution in [0.1, 0.15) is 34.9 Å². The SMILES string of the molecule is O=C(c1cccc(Oc2ncccn2)c1)N1CCC[C@H]1c1ccnc(-c2cccc(Cl)c2)n1. The minimum Gasteiger partial charge on any atom is -0.424 e. The maximum atomic E-state index is 13.4. The van der Waals surface area contributed by atoms with Crippen molar-refractivity contribution in [1.82, 2.24) is 24.8 Å². The topological polar surface area (TPSA) is 81.1 Å². The first kappa shape index (κ1) is 21.0. The highest BCUT2D eigenvalue weighted by molar-refractivity contribution is 6.30. The van der Waals surface area contributed by atoms with Crippen molar-refractivity contribution in [3.8, 4) is 23.1 Å². The van der Waals surface area contributed by atoms with E-state index >= 15 is 0 Å². The molecule has 0 N–H and O–H groups in total. The zero-order valence-electron chi connectivity index (χ0n) is 17.6. The summed E-state index contributed by atoms with van der Waals surface area (Å²) in [7, 11) is 0. The Bertz CT molecular complexity index is 1280. The van der Waals surface area contributed by atoms with Gasteiger partial charge in [0.1, 0.15) is 5.75 Å². The van der Waals surface area contributed by atoms with E-state index in [-0.39, 0.29) is 18.0 Å². The zero-order valence-corrected chi connectivity index (χ0v) is 18.4. The molecule has 0 aliphatic carbocycles. The lowest BCUT2D eigenvalue weighted by Gasteiger charge is -2.24. The van der Waals surface area contributed by atoms with E-state index in [9.17, 15) is 4.79 Å². The number of nitrogens with zero attached hydrogens (tertiary/aromatic N) is 5. The molecule has 1 saturated heterocycles. The molecule has 1 atom stereocenters. The third-order valence-corrected chi connectivity index (χ3v) is 5.68. The van der Waals surface area contributed by atoms with E-state index in [1.165, 1.54) is 0 Å². The largest absolute Gasteiger partial charge is 0.424 e. The summed E-state index contributed by atoms with van der Waals surface area (Å²) in [6.07, 6.45) is 6.68. The normalized spacial score (nSPS) is 15.4. The zero-order chi connectivity index (χ0) is 22.6. The number of aromatic nitrogens is 4. The fourth-order valence-corrected chi connectivity index (χ4v) is 4.13. The van der Waals surface area contributed by atoms with Gasteiger partial charge in [-0.15, -0.1) is 0 Å². The second kappa shape index (κ2) is 9.34. The molecule has 0 spiro atoms. The summed E-state index contributed by atoms with van der Waals surface area (Å²) >= 11 is 6.13. The quantitative estimate of drug-likeness (QED) is 0.401. The van der Waals surface area contributed by atoms with Crippen LogP contribution >= 0.6 is 11.6 Å². The van der Waals surface area contributed by atoms with Gasteiger partial charge in [0, 0.05) is 41.3 Å². The van der Waals surface area contributed by atoms with Crippen molar-refractivity contribution in [2.45, 2.75) is 18.9 Å². The van der Waals surface area contributed by atoms with Crippen LogP contribution in [0.3, 0.4) is 0 Å². The molecule has 1 aliphatic heterocycles. The van der Waals surface area contributed by atoms with E-state index < -0.39 is 0 Å². The standard InChI is InChI=1S/C25H20ClN5O2/c26-19-7-1-5-17(15-19)23-27-13-10-21(30-23)22-9-3-14-31(22)24(32)18-6-2-8-20(16-18)33-25-28-11-4-12-29-25/h1-2,4-8,10-13,15-16,22H,3,9,14H2/t22-/m0/s1. The minimum atomic E-state index is -0.125. The van der Waals surface area contributed by atoms with Crippen LogP contribution in [-0.4, -0.2) is 37.3 Å². The van der Waals surface area contributed by atoms with E-state index in [0.717, 1.165) is 24.1 Å². The Morgan fingerprint density at radius 2 is 1.82 bits per heavy atom. The third kappa shape index (κ3) is 4.68. The highest BCUT2D eigenvalue weighted by Crippen LogP contribution is 2.33. The molecule has 1 fully saturated rings. The maximum absolute atomic E-state index is 13.4. The van der Waals surface area contributed by atoms with Crippen LogP contribution in [-0.2, 0) is 0 Å². The number of amides is 1. The second-order valence-corrected chi connectivity index (χ2v) is 8.07. The molecular formula is C25H20ClN5O2. The van der Waals surface area contributed by atoms with Crippen LogP contribution in [0.25, 0.3) is 11.4 Å². The molecule has 4 aromatic rings. The average Bonchev–Trinajstić information content (AvgIpc) is 3.35. The van der Waals surface area contributed by atoms with Gasteiger partial charge in [0.2, 0.25) is 0 Å². The summed E-state index contributed by atoms with van der Waals surface area (Å²) in [6, 6.07) is 18.2. The smallest absolute Gasteiger partial charge is 0.321 e. The van der Waals surface area contributed by atoms with Gasteiger partial charge in [-0.1, -0.05) is 29.8 Å². The number of benzene rings is 2. The van der Waals surface area contributed by atoms with Crippen LogP contribution in [0, 0.1) is 0 Å². The molecule has 7 nitrogen and oxygen atoms in total. The Morgan fingerprint density at radius 3 is 2.67 bits per heavy atom. The van der Waals surface area contributed by atoms with E-state index in [4.69, 9.17) is 21.3 Å². The Kier molecular flexibility index (Phi) is 5.95. The predicted octanol–water partition coefficient (Wildman–Crippen LogP) is 5.36. The Hall–Kier alpha value is -3.84. The predicted molar refractivity (Wildman–Crippen MR) is 124 cm³/mol. The lowest BCUT2D eigenvalue weighted by Crippen LogP contribution is -2.31. The Morgan fingerprint density at radius 1 is 0.970 bits per heavy atom. The molecule has 3 heterocycles. The second-order valence-electron chi connectivity index (χ2n) is 7.63. The van der Waals surface area contributed by atoms with Crippen molar-refractivity contribution in [2.24, 2.45) is 0 Å². The molecule has 2 aromatic carbocycles. The van der Waals surface area contributed by atoms with E-state index in [1.807, 2.05) is 35.2 Å². The fraction of sp³-hybridized carbons (Fsp3) is 0.160. The van der Waals surface area contributed by atoms with Crippen LogP contribution < -0.4 is 4.74 Å². The summed E-state index contributed by atoms with van der Waals surface area (Å²) in [4.78, 5) is 32.6. The molecule has 1 aliphatic rings. The van der Waals surface area contributed by atoms with Gasteiger partial charge in [-0.05, 0) is 55.3 Å². The van der Waals surface area contributed by atoms with Gasteiger partial charge >= 0.3 is 6.01 Å². The molecule has 0 unspecified atom stereocenters. The Balaban J connectivity index is 1.39. The summed E-state index contributed by atoms with van der Waals surface area (Å²) in [5.74, 6) is 1.03. The fourth-order valence-electron chi connectivity index (χ4n) is 3.94. The van der Waals surface area contributed by atoms with Crippen molar-refractivity contribution in [2.75, 3.05) is 6.54 Å². The Labute approximate surface area is 196 Å². The maximum Gasteiger partial charge on any atom is 0.321 e. The van der Waals surface area contributed by atoms with Crippen molar-refractivity contribution in [3.63, 3.8) is 0 Å². The highest BCUT2D eigenvalue weighted by Gasteiger charge is 2.32. The van der Waals surface area contributed by atoms with E-state index in [2.05, 4.69) is 15.0 Å². The number of halogens is 1. The average molecular weight is 458 g/mol. The molecule has 164 valence electrons. The first-order valence-electron chi connectivity index (χ1n) is 10.6. The summed E-state index contributed by atoms with van der Waals surface area (Å²) < 4.78 is 5.69. The van der Waals surface area contributed by atoms with Crippen LogP contribution in [0.5, 0.6) is 11.8 Å². The molecule has 1 amide bonds. The van der Waals surface area contributed by atoms with E-state index in [1.54, 1.807) is 48.9 Å². The van der Waals surface area contributed by atoms with Crippen molar-refractivity contribution < 1.29 is 9.53 Å². The molecule has 0 saturated carbocycles. The van der Waals surface area contributed by atoms with Crippen LogP contribution in [0.2, 0.25) is 5.02 Å². The van der Waals surface area contributed by atoms with Gasteiger partial charge < -0.3 is 9.64 Å². The first-order chi connectivity index (χ1) is 16.2. The molecule has 2 aromatic heterocycles. The molecule has 5 rings (SSSR count). The van der Waals surface area contributed by atoms with Gasteiger partial charge in [-0.3, -0.25) is 4.79 Å². The highest BCUT2D eigenvalue weighted by atomic mass is 35.5. The number of hydrogen-bond acceptors (Lipinski definition) is 6. The third-order valence-electron chi connectivity index (χ3n) is 5.45. The van der Waals surface area contributed by atoms with Gasteiger partial charge in [0.25, 0.3) is 5.91 Å². The molecule has 33 heavy (non-hydrogen) atoms. The number of likely N-dealkylation sites (tertiary alicyclic amines) is 1. The number of carbonyl (C=O) groups excluding carboxylic acids is 1. The molecular weight excluding hydrogens is 438 g/mol. The van der Waals surface area contributed by atoms with Gasteiger partial charge in [0.05, 0.1) is 11.7 Å². The molecule has 0 bridgehead atoms. The summed E-state index contributed by atoms with van der Waals surface area (Å²) in [6.45, 7) is 0.660. The molecule has 8 heteroatoms. The van der Waals surface area contributed by atoms with Gasteiger partial charge in [0.15, 0.2) is 5.82 Å². The first-order valence-corrected chi connectivity index (χ1v) is 11.0. The van der Waals surface area contributed by atoms with Crippen molar-refractivity contribution >= 4 is 17.5 Å². The van der Waals surface area contributed by atoms with Gasteiger partial charge in [-0.25, -0.2) is 19.9 Å². The molecule has 0 radical (unpaired) electrons. The van der Waals surface area contributed by atoms with E-state index in [0.29, 0.717) is 28.7 Å². The number of hydrogen-bond donors (Lipinski definition) is 0. The van der Waals surface area contributed by atoms with Crippen LogP contribution in [0.4, 0.5) is 0 Å². The van der Waals surface area contributed by atoms with Crippen molar-refractivity contribution in [1.29, 1.82) is 0 Å². The minimum absolute atomic E-state index is 0.0696. The van der Waals surface area contributed by atoms with Crippen LogP contribution in [0.15, 0.2) is 79.3 Å². The van der Waals surface area contributed by atoms with Gasteiger partial charge in [-0.2, -0.15) is 0 Å². The lowest BCUT2D eigenvalue weighted by atomic mass is 10.1. The van der Waals surface area contributed by atoms with Crippen molar-refractivity contribution in [3.05, 3.63) is 95.5 Å².